The van der Waals surface area contributed by atoms with Gasteiger partial charge in [-0.3, -0.25) is 4.99 Å². The summed E-state index contributed by atoms with van der Waals surface area (Å²) >= 11 is 1.77. The van der Waals surface area contributed by atoms with E-state index in [1.807, 2.05) is 12.1 Å². The van der Waals surface area contributed by atoms with Crippen molar-refractivity contribution in [2.24, 2.45) is 4.99 Å². The number of hydrogen-bond donors (Lipinski definition) is 2. The van der Waals surface area contributed by atoms with Crippen molar-refractivity contribution in [3.8, 4) is 11.5 Å². The fraction of sp³-hybridized carbons (Fsp3) is 0.190. The summed E-state index contributed by atoms with van der Waals surface area (Å²) in [6.45, 7) is 3.23. The summed E-state index contributed by atoms with van der Waals surface area (Å²) in [6, 6.07) is 8.24. The highest BCUT2D eigenvalue weighted by atomic mass is 32.1. The molecule has 0 fully saturated rings. The number of ether oxygens (including phenoxy) is 2. The van der Waals surface area contributed by atoms with Crippen LogP contribution in [0.25, 0.3) is 5.57 Å². The molecule has 5 nitrogen and oxygen atoms in total. The van der Waals surface area contributed by atoms with Crippen LogP contribution in [0.15, 0.2) is 64.3 Å². The molecule has 1 atom stereocenters. The molecule has 0 spiro atoms. The lowest BCUT2D eigenvalue weighted by molar-refractivity contribution is 0.174. The van der Waals surface area contributed by atoms with Crippen molar-refractivity contribution in [2.45, 2.75) is 19.5 Å². The third-order valence-corrected chi connectivity index (χ3v) is 5.94. The summed E-state index contributed by atoms with van der Waals surface area (Å²) < 4.78 is 10.9. The highest BCUT2D eigenvalue weighted by molar-refractivity contribution is 7.10. The van der Waals surface area contributed by atoms with Gasteiger partial charge in [-0.25, -0.2) is 0 Å². The molecule has 0 saturated heterocycles. The number of thiophene rings is 1. The minimum absolute atomic E-state index is 0.0379. The monoisotopic (exact) mass is 377 g/mol. The molecule has 0 radical (unpaired) electrons. The maximum Gasteiger partial charge on any atom is 0.231 e. The van der Waals surface area contributed by atoms with Crippen molar-refractivity contribution in [2.75, 3.05) is 6.79 Å². The van der Waals surface area contributed by atoms with Crippen LogP contribution in [-0.2, 0) is 6.54 Å². The lowest BCUT2D eigenvalue weighted by Crippen LogP contribution is -2.33. The van der Waals surface area contributed by atoms with Crippen LogP contribution in [-0.4, -0.2) is 19.2 Å². The summed E-state index contributed by atoms with van der Waals surface area (Å²) in [5, 5.41) is 8.94. The molecule has 1 aromatic carbocycles. The molecule has 6 heteroatoms. The van der Waals surface area contributed by atoms with Gasteiger partial charge in [0.05, 0.1) is 18.9 Å². The first kappa shape index (κ1) is 16.2. The molecule has 5 rings (SSSR count). The van der Waals surface area contributed by atoms with Gasteiger partial charge in [0.25, 0.3) is 0 Å². The predicted octanol–water partition coefficient (Wildman–Crippen LogP) is 3.74. The number of nitrogens with one attached hydrogen (secondary N) is 2. The second-order valence-corrected chi connectivity index (χ2v) is 7.61. The van der Waals surface area contributed by atoms with Gasteiger partial charge in [-0.05, 0) is 53.3 Å². The Labute approximate surface area is 161 Å². The van der Waals surface area contributed by atoms with Crippen molar-refractivity contribution in [3.63, 3.8) is 0 Å². The van der Waals surface area contributed by atoms with Crippen molar-refractivity contribution in [1.82, 2.24) is 10.6 Å². The molecule has 3 aliphatic rings. The number of fused-ring (bicyclic) bond motifs is 2. The van der Waals surface area contributed by atoms with Gasteiger partial charge in [0.15, 0.2) is 11.5 Å². The van der Waals surface area contributed by atoms with Crippen molar-refractivity contribution in [3.05, 3.63) is 75.3 Å². The summed E-state index contributed by atoms with van der Waals surface area (Å²) in [5.41, 5.74) is 4.69. The van der Waals surface area contributed by atoms with Gasteiger partial charge in [-0.15, -0.1) is 11.3 Å². The third kappa shape index (κ3) is 3.02. The van der Waals surface area contributed by atoms with E-state index in [9.17, 15) is 0 Å². The van der Waals surface area contributed by atoms with Gasteiger partial charge in [0, 0.05) is 10.5 Å². The summed E-state index contributed by atoms with van der Waals surface area (Å²) in [4.78, 5) is 5.89. The van der Waals surface area contributed by atoms with Crippen LogP contribution >= 0.6 is 11.3 Å². The summed E-state index contributed by atoms with van der Waals surface area (Å²) in [5.74, 6) is 2.60. The van der Waals surface area contributed by atoms with E-state index in [-0.39, 0.29) is 12.8 Å². The molecule has 0 bridgehead atoms. The zero-order valence-electron chi connectivity index (χ0n) is 14.9. The Morgan fingerprint density at radius 2 is 2.19 bits per heavy atom. The second kappa shape index (κ2) is 6.63. The highest BCUT2D eigenvalue weighted by Gasteiger charge is 2.22. The molecule has 0 amide bonds. The Morgan fingerprint density at radius 3 is 3.07 bits per heavy atom. The number of rotatable bonds is 4. The van der Waals surface area contributed by atoms with Gasteiger partial charge in [0.1, 0.15) is 5.82 Å². The fourth-order valence-electron chi connectivity index (χ4n) is 3.38. The highest BCUT2D eigenvalue weighted by Crippen LogP contribution is 2.36. The van der Waals surface area contributed by atoms with E-state index in [0.717, 1.165) is 40.6 Å². The third-order valence-electron chi connectivity index (χ3n) is 4.92. The molecular weight excluding hydrogens is 358 g/mol. The Kier molecular flexibility index (Phi) is 3.98. The molecule has 2 N–H and O–H groups in total. The number of benzene rings is 1. The van der Waals surface area contributed by atoms with Crippen LogP contribution in [0.1, 0.15) is 16.0 Å². The predicted molar refractivity (Wildman–Crippen MR) is 108 cm³/mol. The van der Waals surface area contributed by atoms with E-state index in [2.05, 4.69) is 58.3 Å². The first-order chi connectivity index (χ1) is 13.3. The normalized spacial score (nSPS) is 19.6. The average molecular weight is 377 g/mol. The van der Waals surface area contributed by atoms with Crippen molar-refractivity contribution in [1.29, 1.82) is 0 Å². The topological polar surface area (TPSA) is 54.9 Å². The molecule has 2 aromatic rings. The second-order valence-electron chi connectivity index (χ2n) is 6.60. The molecule has 0 saturated carbocycles. The maximum atomic E-state index is 5.52. The Bertz CT molecular complexity index is 1020. The number of allylic oxidation sites excluding steroid dienone is 2. The molecule has 27 heavy (non-hydrogen) atoms. The molecule has 136 valence electrons. The van der Waals surface area contributed by atoms with Crippen LogP contribution in [0.5, 0.6) is 11.5 Å². The average Bonchev–Trinajstić information content (AvgIpc) is 3.34. The number of aryl methyl sites for hydroxylation is 1. The minimum Gasteiger partial charge on any atom is -0.454 e. The van der Waals surface area contributed by atoms with Crippen LogP contribution in [0.4, 0.5) is 0 Å². The quantitative estimate of drug-likeness (QED) is 0.852. The Hall–Kier alpha value is -2.99. The van der Waals surface area contributed by atoms with Crippen LogP contribution in [0.2, 0.25) is 0 Å². The zero-order valence-corrected chi connectivity index (χ0v) is 15.7. The zero-order chi connectivity index (χ0) is 18.2. The number of nitrogens with zero attached hydrogens (tertiary/aromatic N) is 1. The first-order valence-electron chi connectivity index (χ1n) is 8.87. The largest absolute Gasteiger partial charge is 0.454 e. The van der Waals surface area contributed by atoms with E-state index < -0.39 is 0 Å². The van der Waals surface area contributed by atoms with Crippen LogP contribution in [0.3, 0.4) is 0 Å². The van der Waals surface area contributed by atoms with E-state index in [1.165, 1.54) is 10.4 Å². The minimum atomic E-state index is 0.0379. The number of aliphatic imine (C=N–C) groups is 1. The molecule has 1 aliphatic carbocycles. The summed E-state index contributed by atoms with van der Waals surface area (Å²) in [7, 11) is 0. The lowest BCUT2D eigenvalue weighted by Gasteiger charge is -2.25. The van der Waals surface area contributed by atoms with Gasteiger partial charge in [-0.2, -0.15) is 0 Å². The van der Waals surface area contributed by atoms with Gasteiger partial charge in [-0.1, -0.05) is 18.2 Å². The van der Waals surface area contributed by atoms with E-state index >= 15 is 0 Å². The smallest absolute Gasteiger partial charge is 0.231 e. The van der Waals surface area contributed by atoms with Gasteiger partial charge < -0.3 is 20.1 Å². The molecule has 1 aromatic heterocycles. The molecule has 3 heterocycles. The Balaban J connectivity index is 1.45. The molecule has 1 unspecified atom stereocenters. The molecule has 2 aliphatic heterocycles. The van der Waals surface area contributed by atoms with E-state index in [1.54, 1.807) is 17.7 Å². The first-order valence-corrected chi connectivity index (χ1v) is 9.75. The maximum absolute atomic E-state index is 5.52. The lowest BCUT2D eigenvalue weighted by atomic mass is 9.92. The van der Waals surface area contributed by atoms with E-state index in [0.29, 0.717) is 0 Å². The van der Waals surface area contributed by atoms with Crippen molar-refractivity contribution < 1.29 is 9.47 Å². The number of hydrogen-bond acceptors (Lipinski definition) is 6. The Morgan fingerprint density at radius 1 is 1.26 bits per heavy atom. The molecular formula is C21H19N3O2S. The SMILES string of the molecule is Cc1ccsc1CNC1=C2C=C(c3ccc4c(c3)OCO4)C=CC2N=CN1. The van der Waals surface area contributed by atoms with Gasteiger partial charge >= 0.3 is 0 Å². The summed E-state index contributed by atoms with van der Waals surface area (Å²) in [6.07, 6.45) is 8.21. The standard InChI is InChI=1S/C21H19N3O2S/c1-13-6-7-27-20(13)10-22-21-16-8-14(2-4-17(16)23-11-24-21)15-3-5-18-19(9-15)26-12-25-18/h2-9,11,17,22H,10,12H2,1H3,(H,23,24). The van der Waals surface area contributed by atoms with Gasteiger partial charge in [0.2, 0.25) is 6.79 Å². The fourth-order valence-corrected chi connectivity index (χ4v) is 4.22. The van der Waals surface area contributed by atoms with Crippen LogP contribution in [0, 0.1) is 6.92 Å². The van der Waals surface area contributed by atoms with E-state index in [4.69, 9.17) is 9.47 Å². The van der Waals surface area contributed by atoms with Crippen molar-refractivity contribution >= 4 is 23.2 Å². The van der Waals surface area contributed by atoms with Crippen LogP contribution < -0.4 is 20.1 Å².